The first-order valence-electron chi connectivity index (χ1n) is 12.2. The third-order valence-corrected chi connectivity index (χ3v) is 7.26. The summed E-state index contributed by atoms with van der Waals surface area (Å²) in [6.45, 7) is 8.22. The van der Waals surface area contributed by atoms with E-state index in [4.69, 9.17) is 27.9 Å². The Hall–Kier alpha value is -2.15. The van der Waals surface area contributed by atoms with Gasteiger partial charge in [0, 0.05) is 38.3 Å². The highest BCUT2D eigenvalue weighted by molar-refractivity contribution is 6.39. The monoisotopic (exact) mass is 504 g/mol. The van der Waals surface area contributed by atoms with E-state index >= 15 is 0 Å². The normalized spacial score (nSPS) is 21.4. The SMILES string of the molecule is CC(C)Oc1ccccc1N1CCN([C@H]2CC[C@H](NC(=O)Nc3c(Cl)cccc3Cl)CC2)CC1. The molecule has 2 aliphatic rings. The van der Waals surface area contributed by atoms with E-state index in [1.807, 2.05) is 6.07 Å². The van der Waals surface area contributed by atoms with Crippen molar-refractivity contribution in [1.29, 1.82) is 0 Å². The van der Waals surface area contributed by atoms with Gasteiger partial charge in [0.05, 0.1) is 27.5 Å². The van der Waals surface area contributed by atoms with E-state index in [2.05, 4.69) is 52.5 Å². The number of anilines is 2. The molecule has 2 aromatic rings. The van der Waals surface area contributed by atoms with Crippen molar-refractivity contribution in [3.05, 3.63) is 52.5 Å². The Morgan fingerprint density at radius 3 is 2.24 bits per heavy atom. The number of halogens is 2. The molecule has 1 aliphatic heterocycles. The minimum atomic E-state index is -0.255. The minimum Gasteiger partial charge on any atom is -0.489 e. The van der Waals surface area contributed by atoms with E-state index in [0.29, 0.717) is 21.8 Å². The fourth-order valence-electron chi connectivity index (χ4n) is 4.94. The molecule has 1 aliphatic carbocycles. The quantitative estimate of drug-likeness (QED) is 0.503. The zero-order valence-corrected chi connectivity index (χ0v) is 21.4. The number of carbonyl (C=O) groups excluding carboxylic acids is 1. The summed E-state index contributed by atoms with van der Waals surface area (Å²) in [5.41, 5.74) is 1.64. The van der Waals surface area contributed by atoms with Crippen molar-refractivity contribution in [2.75, 3.05) is 36.4 Å². The number of para-hydroxylation sites is 3. The number of amides is 2. The molecule has 184 valence electrons. The lowest BCUT2D eigenvalue weighted by Gasteiger charge is -2.43. The largest absolute Gasteiger partial charge is 0.489 e. The molecule has 4 rings (SSSR count). The third kappa shape index (κ3) is 6.29. The van der Waals surface area contributed by atoms with Gasteiger partial charge in [-0.3, -0.25) is 4.90 Å². The first-order valence-corrected chi connectivity index (χ1v) is 12.9. The molecule has 34 heavy (non-hydrogen) atoms. The Balaban J connectivity index is 1.23. The smallest absolute Gasteiger partial charge is 0.319 e. The van der Waals surface area contributed by atoms with E-state index in [0.717, 1.165) is 57.6 Å². The average molecular weight is 505 g/mol. The molecule has 0 radical (unpaired) electrons. The van der Waals surface area contributed by atoms with Crippen molar-refractivity contribution in [2.24, 2.45) is 0 Å². The Morgan fingerprint density at radius 1 is 0.941 bits per heavy atom. The van der Waals surface area contributed by atoms with Gasteiger partial charge in [0.15, 0.2) is 0 Å². The Kier molecular flexibility index (Phi) is 8.46. The molecule has 2 aromatic carbocycles. The van der Waals surface area contributed by atoms with Crippen LogP contribution in [0.1, 0.15) is 39.5 Å². The number of nitrogens with one attached hydrogen (secondary N) is 2. The summed E-state index contributed by atoms with van der Waals surface area (Å²) in [5, 5.41) is 6.75. The number of nitrogens with zero attached hydrogens (tertiary/aromatic N) is 2. The highest BCUT2D eigenvalue weighted by Crippen LogP contribution is 2.32. The number of hydrogen-bond donors (Lipinski definition) is 2. The molecule has 2 fully saturated rings. The zero-order valence-electron chi connectivity index (χ0n) is 19.9. The summed E-state index contributed by atoms with van der Waals surface area (Å²) in [4.78, 5) is 17.5. The van der Waals surface area contributed by atoms with Crippen LogP contribution in [0.3, 0.4) is 0 Å². The average Bonchev–Trinajstić information content (AvgIpc) is 2.82. The number of hydrogen-bond acceptors (Lipinski definition) is 4. The predicted molar refractivity (Wildman–Crippen MR) is 141 cm³/mol. The Morgan fingerprint density at radius 2 is 1.59 bits per heavy atom. The summed E-state index contributed by atoms with van der Waals surface area (Å²) in [6.07, 6.45) is 4.28. The van der Waals surface area contributed by atoms with E-state index in [1.165, 1.54) is 5.69 Å². The molecule has 2 amide bonds. The predicted octanol–water partition coefficient (Wildman–Crippen LogP) is 6.04. The highest BCUT2D eigenvalue weighted by atomic mass is 35.5. The summed E-state index contributed by atoms with van der Waals surface area (Å²) in [5.74, 6) is 0.967. The first-order chi connectivity index (χ1) is 16.4. The van der Waals surface area contributed by atoms with Gasteiger partial charge in [-0.05, 0) is 63.8 Å². The zero-order chi connectivity index (χ0) is 24.1. The molecule has 1 saturated carbocycles. The topological polar surface area (TPSA) is 56.8 Å². The molecule has 1 saturated heterocycles. The van der Waals surface area contributed by atoms with Crippen LogP contribution in [0.2, 0.25) is 10.0 Å². The molecule has 0 atom stereocenters. The van der Waals surface area contributed by atoms with Crippen LogP contribution in [-0.4, -0.2) is 55.3 Å². The lowest BCUT2D eigenvalue weighted by Crippen LogP contribution is -2.52. The summed E-state index contributed by atoms with van der Waals surface area (Å²) in [6, 6.07) is 14.0. The van der Waals surface area contributed by atoms with Crippen LogP contribution < -0.4 is 20.3 Å². The van der Waals surface area contributed by atoms with E-state index in [-0.39, 0.29) is 18.2 Å². The van der Waals surface area contributed by atoms with E-state index in [1.54, 1.807) is 18.2 Å². The molecule has 6 nitrogen and oxygen atoms in total. The van der Waals surface area contributed by atoms with Crippen LogP contribution in [-0.2, 0) is 0 Å². The third-order valence-electron chi connectivity index (χ3n) is 6.63. The van der Waals surface area contributed by atoms with Gasteiger partial charge < -0.3 is 20.3 Å². The molecule has 8 heteroatoms. The van der Waals surface area contributed by atoms with Crippen LogP contribution in [0.5, 0.6) is 5.75 Å². The molecular weight excluding hydrogens is 471 g/mol. The summed E-state index contributed by atoms with van der Waals surface area (Å²) < 4.78 is 6.03. The van der Waals surface area contributed by atoms with E-state index in [9.17, 15) is 4.79 Å². The lowest BCUT2D eigenvalue weighted by atomic mass is 9.90. The molecular formula is C26H34Cl2N4O2. The number of rotatable bonds is 6. The first kappa shape index (κ1) is 25.0. The van der Waals surface area contributed by atoms with Crippen LogP contribution in [0.15, 0.2) is 42.5 Å². The standard InChI is InChI=1S/C26H34Cl2N4O2/c1-18(2)34-24-9-4-3-8-23(24)32-16-14-31(15-17-32)20-12-10-19(11-13-20)29-26(33)30-25-21(27)6-5-7-22(25)28/h3-9,18-20H,10-17H2,1-2H3,(H2,29,30,33)/t19-,20-. The number of piperazine rings is 1. The fraction of sp³-hybridized carbons (Fsp3) is 0.500. The van der Waals surface area contributed by atoms with Crippen LogP contribution in [0.25, 0.3) is 0 Å². The van der Waals surface area contributed by atoms with Gasteiger partial charge in [0.1, 0.15) is 5.75 Å². The molecule has 0 unspecified atom stereocenters. The summed E-state index contributed by atoms with van der Waals surface area (Å²) in [7, 11) is 0. The highest BCUT2D eigenvalue weighted by Gasteiger charge is 2.29. The van der Waals surface area contributed by atoms with Gasteiger partial charge in [-0.15, -0.1) is 0 Å². The van der Waals surface area contributed by atoms with Crippen molar-refractivity contribution < 1.29 is 9.53 Å². The lowest BCUT2D eigenvalue weighted by molar-refractivity contribution is 0.137. The van der Waals surface area contributed by atoms with Gasteiger partial charge >= 0.3 is 6.03 Å². The number of carbonyl (C=O) groups is 1. The van der Waals surface area contributed by atoms with Crippen molar-refractivity contribution in [2.45, 2.75) is 57.7 Å². The minimum absolute atomic E-state index is 0.162. The second-order valence-electron chi connectivity index (χ2n) is 9.36. The van der Waals surface area contributed by atoms with Gasteiger partial charge in [-0.2, -0.15) is 0 Å². The van der Waals surface area contributed by atoms with Crippen molar-refractivity contribution >= 4 is 40.6 Å². The second-order valence-corrected chi connectivity index (χ2v) is 10.2. The maximum Gasteiger partial charge on any atom is 0.319 e. The molecule has 0 spiro atoms. The Labute approximate surface area is 212 Å². The number of urea groups is 1. The van der Waals surface area contributed by atoms with Gasteiger partial charge in [-0.1, -0.05) is 41.4 Å². The summed E-state index contributed by atoms with van der Waals surface area (Å²) >= 11 is 12.3. The van der Waals surface area contributed by atoms with Crippen molar-refractivity contribution in [1.82, 2.24) is 10.2 Å². The molecule has 0 bridgehead atoms. The maximum atomic E-state index is 12.5. The van der Waals surface area contributed by atoms with Gasteiger partial charge in [-0.25, -0.2) is 4.79 Å². The maximum absolute atomic E-state index is 12.5. The molecule has 2 N–H and O–H groups in total. The van der Waals surface area contributed by atoms with E-state index < -0.39 is 0 Å². The molecule has 1 heterocycles. The van der Waals surface area contributed by atoms with Crippen molar-refractivity contribution in [3.8, 4) is 5.75 Å². The number of benzene rings is 2. The Bertz CT molecular complexity index is 951. The van der Waals surface area contributed by atoms with Crippen LogP contribution >= 0.6 is 23.2 Å². The van der Waals surface area contributed by atoms with Gasteiger partial charge in [0.2, 0.25) is 0 Å². The van der Waals surface area contributed by atoms with Crippen molar-refractivity contribution in [3.63, 3.8) is 0 Å². The van der Waals surface area contributed by atoms with Crippen LogP contribution in [0, 0.1) is 0 Å². The number of ether oxygens (including phenoxy) is 1. The second kappa shape index (κ2) is 11.5. The molecule has 0 aromatic heterocycles. The fourth-order valence-corrected chi connectivity index (χ4v) is 5.43. The van der Waals surface area contributed by atoms with Gasteiger partial charge in [0.25, 0.3) is 0 Å². The van der Waals surface area contributed by atoms with Crippen LogP contribution in [0.4, 0.5) is 16.2 Å².